The van der Waals surface area contributed by atoms with Gasteiger partial charge in [-0.3, -0.25) is 0 Å². The smallest absolute Gasteiger partial charge is 0.136 e. The molecule has 3 aromatic rings. The zero-order chi connectivity index (χ0) is 12.5. The van der Waals surface area contributed by atoms with Gasteiger partial charge in [0.15, 0.2) is 0 Å². The molecule has 0 fully saturated rings. The zero-order valence-corrected chi connectivity index (χ0v) is 10.5. The molecule has 0 spiro atoms. The molecule has 90 valence electrons. The number of furan rings is 1. The molecule has 0 radical (unpaired) electrons. The van der Waals surface area contributed by atoms with E-state index >= 15 is 0 Å². The van der Waals surface area contributed by atoms with Crippen LogP contribution in [-0.4, -0.2) is 0 Å². The number of para-hydroxylation sites is 1. The highest BCUT2D eigenvalue weighted by molar-refractivity contribution is 5.92. The molecule has 0 aliphatic rings. The highest BCUT2D eigenvalue weighted by atomic mass is 16.3. The molecule has 2 heteroatoms. The summed E-state index contributed by atoms with van der Waals surface area (Å²) >= 11 is 0. The maximum Gasteiger partial charge on any atom is 0.136 e. The predicted molar refractivity (Wildman–Crippen MR) is 75.4 cm³/mol. The van der Waals surface area contributed by atoms with Gasteiger partial charge in [0.1, 0.15) is 11.8 Å². The van der Waals surface area contributed by atoms with Crippen LogP contribution in [0, 0.1) is 13.8 Å². The molecular formula is C16H15NO. The van der Waals surface area contributed by atoms with Gasteiger partial charge in [-0.15, -0.1) is 0 Å². The summed E-state index contributed by atoms with van der Waals surface area (Å²) in [5.41, 5.74) is 5.52. The van der Waals surface area contributed by atoms with E-state index in [-0.39, 0.29) is 0 Å². The van der Waals surface area contributed by atoms with Gasteiger partial charge < -0.3 is 9.73 Å². The van der Waals surface area contributed by atoms with Gasteiger partial charge in [-0.25, -0.2) is 0 Å². The lowest BCUT2D eigenvalue weighted by Crippen LogP contribution is -1.90. The largest absolute Gasteiger partial charge is 0.462 e. The van der Waals surface area contributed by atoms with Crippen molar-refractivity contribution in [2.24, 2.45) is 0 Å². The zero-order valence-electron chi connectivity index (χ0n) is 10.5. The van der Waals surface area contributed by atoms with Crippen molar-refractivity contribution in [2.45, 2.75) is 13.8 Å². The molecule has 2 nitrogen and oxygen atoms in total. The standard InChI is InChI=1S/C16H15NO/c1-11-7-12(2)9-13(8-11)17-15-10-18-16-6-4-3-5-14(15)16/h3-10,17H,1-2H3. The van der Waals surface area contributed by atoms with Crippen molar-refractivity contribution in [3.05, 3.63) is 59.9 Å². The molecule has 0 saturated heterocycles. The molecule has 0 atom stereocenters. The minimum Gasteiger partial charge on any atom is -0.462 e. The summed E-state index contributed by atoms with van der Waals surface area (Å²) in [4.78, 5) is 0. The monoisotopic (exact) mass is 237 g/mol. The average molecular weight is 237 g/mol. The molecule has 18 heavy (non-hydrogen) atoms. The van der Waals surface area contributed by atoms with Crippen LogP contribution in [0.4, 0.5) is 11.4 Å². The number of fused-ring (bicyclic) bond motifs is 1. The second-order valence-corrected chi connectivity index (χ2v) is 4.65. The number of benzene rings is 2. The van der Waals surface area contributed by atoms with Crippen molar-refractivity contribution >= 4 is 22.3 Å². The van der Waals surface area contributed by atoms with Crippen LogP contribution in [-0.2, 0) is 0 Å². The second kappa shape index (κ2) is 4.22. The Morgan fingerprint density at radius 1 is 0.944 bits per heavy atom. The number of rotatable bonds is 2. The summed E-state index contributed by atoms with van der Waals surface area (Å²) in [6, 6.07) is 14.5. The van der Waals surface area contributed by atoms with Gasteiger partial charge in [-0.1, -0.05) is 18.2 Å². The van der Waals surface area contributed by atoms with E-state index in [0.717, 1.165) is 22.3 Å². The van der Waals surface area contributed by atoms with Crippen LogP contribution in [0.3, 0.4) is 0 Å². The molecule has 1 N–H and O–H groups in total. The van der Waals surface area contributed by atoms with E-state index in [2.05, 4.69) is 43.4 Å². The van der Waals surface area contributed by atoms with Crippen LogP contribution < -0.4 is 5.32 Å². The first-order valence-electron chi connectivity index (χ1n) is 6.04. The Bertz CT molecular complexity index is 677. The molecule has 1 heterocycles. The van der Waals surface area contributed by atoms with Crippen LogP contribution in [0.2, 0.25) is 0 Å². The summed E-state index contributed by atoms with van der Waals surface area (Å²) in [7, 11) is 0. The van der Waals surface area contributed by atoms with Crippen LogP contribution in [0.1, 0.15) is 11.1 Å². The number of aryl methyl sites for hydroxylation is 2. The van der Waals surface area contributed by atoms with Gasteiger partial charge in [0.25, 0.3) is 0 Å². The third kappa shape index (κ3) is 1.97. The number of hydrogen-bond acceptors (Lipinski definition) is 2. The van der Waals surface area contributed by atoms with Crippen molar-refractivity contribution in [1.29, 1.82) is 0 Å². The molecule has 0 amide bonds. The average Bonchev–Trinajstić information content (AvgIpc) is 2.72. The Morgan fingerprint density at radius 3 is 2.44 bits per heavy atom. The Labute approximate surface area is 106 Å². The van der Waals surface area contributed by atoms with Gasteiger partial charge in [0, 0.05) is 11.1 Å². The lowest BCUT2D eigenvalue weighted by Gasteiger charge is -2.06. The van der Waals surface area contributed by atoms with E-state index in [1.165, 1.54) is 11.1 Å². The first kappa shape index (κ1) is 10.9. The van der Waals surface area contributed by atoms with E-state index in [1.54, 1.807) is 6.26 Å². The van der Waals surface area contributed by atoms with Gasteiger partial charge in [0.2, 0.25) is 0 Å². The molecule has 0 unspecified atom stereocenters. The molecular weight excluding hydrogens is 222 g/mol. The maximum absolute atomic E-state index is 5.52. The van der Waals surface area contributed by atoms with Crippen LogP contribution >= 0.6 is 0 Å². The van der Waals surface area contributed by atoms with E-state index in [0.29, 0.717) is 0 Å². The normalized spacial score (nSPS) is 10.8. The highest BCUT2D eigenvalue weighted by Crippen LogP contribution is 2.28. The van der Waals surface area contributed by atoms with E-state index in [9.17, 15) is 0 Å². The fourth-order valence-electron chi connectivity index (χ4n) is 2.28. The van der Waals surface area contributed by atoms with Gasteiger partial charge >= 0.3 is 0 Å². The lowest BCUT2D eigenvalue weighted by molar-refractivity contribution is 0.617. The fraction of sp³-hybridized carbons (Fsp3) is 0.125. The Balaban J connectivity index is 2.01. The number of anilines is 2. The summed E-state index contributed by atoms with van der Waals surface area (Å²) in [5.74, 6) is 0. The maximum atomic E-state index is 5.52. The van der Waals surface area contributed by atoms with Crippen molar-refractivity contribution in [2.75, 3.05) is 5.32 Å². The topological polar surface area (TPSA) is 25.2 Å². The summed E-state index contributed by atoms with van der Waals surface area (Å²) in [6.07, 6.45) is 1.77. The van der Waals surface area contributed by atoms with E-state index in [1.807, 2.05) is 18.2 Å². The summed E-state index contributed by atoms with van der Waals surface area (Å²) < 4.78 is 5.52. The Morgan fingerprint density at radius 2 is 1.67 bits per heavy atom. The lowest BCUT2D eigenvalue weighted by atomic mass is 10.1. The Hall–Kier alpha value is -2.22. The van der Waals surface area contributed by atoms with Crippen molar-refractivity contribution in [3.8, 4) is 0 Å². The molecule has 2 aromatic carbocycles. The third-order valence-corrected chi connectivity index (χ3v) is 2.98. The second-order valence-electron chi connectivity index (χ2n) is 4.65. The van der Waals surface area contributed by atoms with E-state index < -0.39 is 0 Å². The molecule has 0 aliphatic heterocycles. The van der Waals surface area contributed by atoms with Gasteiger partial charge in [-0.05, 0) is 49.2 Å². The predicted octanol–water partition coefficient (Wildman–Crippen LogP) is 4.79. The van der Waals surface area contributed by atoms with Crippen LogP contribution in [0.25, 0.3) is 11.0 Å². The van der Waals surface area contributed by atoms with Crippen molar-refractivity contribution in [1.82, 2.24) is 0 Å². The quantitative estimate of drug-likeness (QED) is 0.693. The van der Waals surface area contributed by atoms with Crippen molar-refractivity contribution in [3.63, 3.8) is 0 Å². The van der Waals surface area contributed by atoms with Gasteiger partial charge in [0.05, 0.1) is 5.69 Å². The first-order valence-corrected chi connectivity index (χ1v) is 6.04. The van der Waals surface area contributed by atoms with Gasteiger partial charge in [-0.2, -0.15) is 0 Å². The molecule has 0 aliphatic carbocycles. The van der Waals surface area contributed by atoms with Crippen LogP contribution in [0.15, 0.2) is 53.1 Å². The molecule has 1 aromatic heterocycles. The minimum atomic E-state index is 0.907. The highest BCUT2D eigenvalue weighted by Gasteiger charge is 2.05. The summed E-state index contributed by atoms with van der Waals surface area (Å²) in [5, 5.41) is 4.52. The minimum absolute atomic E-state index is 0.907. The molecule has 0 bridgehead atoms. The Kier molecular flexibility index (Phi) is 2.56. The SMILES string of the molecule is Cc1cc(C)cc(Nc2coc3ccccc23)c1. The summed E-state index contributed by atoms with van der Waals surface area (Å²) in [6.45, 7) is 4.21. The molecule has 0 saturated carbocycles. The van der Waals surface area contributed by atoms with Crippen molar-refractivity contribution < 1.29 is 4.42 Å². The van der Waals surface area contributed by atoms with Crippen LogP contribution in [0.5, 0.6) is 0 Å². The first-order chi connectivity index (χ1) is 8.72. The van der Waals surface area contributed by atoms with E-state index in [4.69, 9.17) is 4.42 Å². The number of nitrogens with one attached hydrogen (secondary N) is 1. The molecule has 3 rings (SSSR count). The third-order valence-electron chi connectivity index (χ3n) is 2.98. The fourth-order valence-corrected chi connectivity index (χ4v) is 2.28. The number of hydrogen-bond donors (Lipinski definition) is 1.